The zero-order valence-corrected chi connectivity index (χ0v) is 43.6. The largest absolute Gasteiger partial charge is 0.362 e. The molecule has 0 atom stereocenters. The highest BCUT2D eigenvalue weighted by atomic mass is 32.1. The number of allylic oxidation sites excluding steroid dienone is 14. The molecular weight excluding hydrogens is 925 g/mol. The van der Waals surface area contributed by atoms with Crippen LogP contribution in [0.3, 0.4) is 0 Å². The van der Waals surface area contributed by atoms with Crippen LogP contribution in [-0.4, -0.2) is 6.54 Å². The van der Waals surface area contributed by atoms with Gasteiger partial charge in [-0.3, -0.25) is 10.4 Å². The number of nitrogens with zero attached hydrogens (tertiary/aromatic N) is 2. The van der Waals surface area contributed by atoms with Crippen molar-refractivity contribution in [2.45, 2.75) is 40.5 Å². The number of hydrogen-bond donors (Lipinski definition) is 2. The fourth-order valence-electron chi connectivity index (χ4n) is 9.75. The Labute approximate surface area is 438 Å². The molecule has 4 nitrogen and oxygen atoms in total. The third-order valence-corrected chi connectivity index (χ3v) is 15.7. The highest BCUT2D eigenvalue weighted by Crippen LogP contribution is 2.54. The molecule has 6 heteroatoms. The van der Waals surface area contributed by atoms with Gasteiger partial charge in [0, 0.05) is 65.1 Å². The lowest BCUT2D eigenvalue weighted by Crippen LogP contribution is -2.33. The Morgan fingerprint density at radius 3 is 2.23 bits per heavy atom. The standard InChI is InChI=1S/C67H60N4S2/c1-6-10-12-13-21-44-70-66-64(56-31-17-18-32-57(56)65-58-33-19-20-34-62(58)73-67(65)66)59-45-53(40-42-60(59)69-70)71(54-39-41-55-47(5)61(24-8-3)72-63(55)46-54)52-37-35-50(36-38-52)49(27-22-26-48(9-4)25-11-7-2)28-23-43-68-51-29-15-14-16-30-51/h7-25,27-43,45-46,68-69H,2,6,26,44H2,1,3-5H3/b12-10-,21-13-,24-8-,25-11-,27-22-,43-23+,48-9+,49-28+. The fraction of sp³-hybridized carbons (Fsp3) is 0.104. The van der Waals surface area contributed by atoms with Gasteiger partial charge in [0.05, 0.1) is 22.6 Å². The highest BCUT2D eigenvalue weighted by Gasteiger charge is 2.29. The predicted octanol–water partition coefficient (Wildman–Crippen LogP) is 20.2. The summed E-state index contributed by atoms with van der Waals surface area (Å²) >= 11 is 3.74. The summed E-state index contributed by atoms with van der Waals surface area (Å²) in [6.07, 6.45) is 33.7. The van der Waals surface area contributed by atoms with Gasteiger partial charge in [-0.15, -0.1) is 22.7 Å². The summed E-state index contributed by atoms with van der Waals surface area (Å²) in [5.74, 6) is 0. The van der Waals surface area contributed by atoms with Crippen molar-refractivity contribution in [2.24, 2.45) is 0 Å². The molecule has 0 aliphatic carbocycles. The van der Waals surface area contributed by atoms with Crippen molar-refractivity contribution in [3.63, 3.8) is 0 Å². The summed E-state index contributed by atoms with van der Waals surface area (Å²) in [7, 11) is 0. The summed E-state index contributed by atoms with van der Waals surface area (Å²) in [5.41, 5.74) is 17.7. The lowest BCUT2D eigenvalue weighted by atomic mass is 9.90. The maximum atomic E-state index is 3.93. The Balaban J connectivity index is 1.12. The number of benzene rings is 7. The summed E-state index contributed by atoms with van der Waals surface area (Å²) < 4.78 is 3.84. The molecule has 73 heavy (non-hydrogen) atoms. The van der Waals surface area contributed by atoms with Gasteiger partial charge >= 0.3 is 0 Å². The molecule has 3 heterocycles. The molecule has 2 N–H and O–H groups in total. The van der Waals surface area contributed by atoms with Crippen molar-refractivity contribution in [3.05, 3.63) is 253 Å². The van der Waals surface area contributed by atoms with Crippen molar-refractivity contribution in [3.8, 4) is 11.1 Å². The van der Waals surface area contributed by atoms with Crippen molar-refractivity contribution < 1.29 is 0 Å². The fourth-order valence-corrected chi connectivity index (χ4v) is 12.2. The van der Waals surface area contributed by atoms with Crippen molar-refractivity contribution >= 4 is 109 Å². The van der Waals surface area contributed by atoms with E-state index in [-0.39, 0.29) is 0 Å². The summed E-state index contributed by atoms with van der Waals surface area (Å²) in [4.78, 5) is 3.72. The van der Waals surface area contributed by atoms with Crippen LogP contribution in [0.4, 0.5) is 34.1 Å². The molecule has 2 aromatic heterocycles. The number of hydrazine groups is 1. The second kappa shape index (κ2) is 22.5. The van der Waals surface area contributed by atoms with Crippen LogP contribution in [-0.2, 0) is 0 Å². The van der Waals surface area contributed by atoms with Crippen LogP contribution >= 0.6 is 22.7 Å². The first-order valence-corrected chi connectivity index (χ1v) is 26.8. The molecule has 0 unspecified atom stereocenters. The van der Waals surface area contributed by atoms with Gasteiger partial charge in [-0.2, -0.15) is 0 Å². The third-order valence-electron chi connectivity index (χ3n) is 13.3. The van der Waals surface area contributed by atoms with Crippen molar-refractivity contribution in [1.29, 1.82) is 0 Å². The number of hydrogen-bond acceptors (Lipinski definition) is 6. The van der Waals surface area contributed by atoms with Gasteiger partial charge in [0.1, 0.15) is 0 Å². The molecule has 7 aromatic carbocycles. The molecule has 1 aliphatic rings. The highest BCUT2D eigenvalue weighted by molar-refractivity contribution is 7.26. The normalized spacial score (nSPS) is 13.3. The molecule has 0 saturated heterocycles. The molecule has 0 radical (unpaired) electrons. The topological polar surface area (TPSA) is 30.5 Å². The Hall–Kier alpha value is -8.16. The molecule has 9 aromatic rings. The average Bonchev–Trinajstić information content (AvgIpc) is 3.97. The number of fused-ring (bicyclic) bond motifs is 11. The number of anilines is 6. The molecule has 0 bridgehead atoms. The lowest BCUT2D eigenvalue weighted by Gasteiger charge is -2.36. The van der Waals surface area contributed by atoms with Gasteiger partial charge in [-0.25, -0.2) is 0 Å². The van der Waals surface area contributed by atoms with E-state index >= 15 is 0 Å². The van der Waals surface area contributed by atoms with E-state index in [4.69, 9.17) is 0 Å². The second-order valence-corrected chi connectivity index (χ2v) is 20.1. The molecule has 10 rings (SSSR count). The minimum atomic E-state index is 0.700. The maximum absolute atomic E-state index is 3.93. The van der Waals surface area contributed by atoms with E-state index in [1.54, 1.807) is 0 Å². The van der Waals surface area contributed by atoms with Crippen LogP contribution in [0.15, 0.2) is 237 Å². The Morgan fingerprint density at radius 2 is 1.44 bits per heavy atom. The molecule has 0 saturated carbocycles. The van der Waals surface area contributed by atoms with E-state index in [1.165, 1.54) is 73.9 Å². The lowest BCUT2D eigenvalue weighted by molar-refractivity contribution is 1.00. The molecule has 0 spiro atoms. The van der Waals surface area contributed by atoms with Crippen LogP contribution in [0, 0.1) is 6.92 Å². The van der Waals surface area contributed by atoms with Crippen LogP contribution < -0.4 is 20.7 Å². The van der Waals surface area contributed by atoms with Crippen molar-refractivity contribution in [1.82, 2.24) is 0 Å². The third kappa shape index (κ3) is 10.2. The van der Waals surface area contributed by atoms with Gasteiger partial charge in [0.2, 0.25) is 0 Å². The Morgan fingerprint density at radius 1 is 0.699 bits per heavy atom. The van der Waals surface area contributed by atoms with Gasteiger partial charge < -0.3 is 10.2 Å². The first kappa shape index (κ1) is 48.5. The zero-order valence-electron chi connectivity index (χ0n) is 42.0. The van der Waals surface area contributed by atoms with Gasteiger partial charge in [-0.1, -0.05) is 165 Å². The Bertz CT molecular complexity index is 3720. The van der Waals surface area contributed by atoms with Crippen LogP contribution in [0.5, 0.6) is 0 Å². The first-order valence-electron chi connectivity index (χ1n) is 25.2. The van der Waals surface area contributed by atoms with Gasteiger partial charge in [-0.05, 0) is 145 Å². The number of aryl methyl sites for hydroxylation is 1. The molecule has 360 valence electrons. The molecule has 1 aliphatic heterocycles. The molecular formula is C67H60N4S2. The number of nitrogens with one attached hydrogen (secondary N) is 2. The summed E-state index contributed by atoms with van der Waals surface area (Å²) in [5, 5.41) is 12.2. The number of para-hydroxylation sites is 1. The van der Waals surface area contributed by atoms with E-state index in [2.05, 4.69) is 249 Å². The average molecular weight is 985 g/mol. The van der Waals surface area contributed by atoms with Gasteiger partial charge in [0.25, 0.3) is 0 Å². The zero-order chi connectivity index (χ0) is 50.1. The number of rotatable bonds is 17. The summed E-state index contributed by atoms with van der Waals surface area (Å²) in [6, 6.07) is 51.1. The smallest absolute Gasteiger partial charge is 0.0839 e. The molecule has 0 fully saturated rings. The van der Waals surface area contributed by atoms with Crippen LogP contribution in [0.2, 0.25) is 0 Å². The summed E-state index contributed by atoms with van der Waals surface area (Å²) in [6.45, 7) is 13.2. The van der Waals surface area contributed by atoms with E-state index in [9.17, 15) is 0 Å². The van der Waals surface area contributed by atoms with E-state index in [0.29, 0.717) is 6.54 Å². The molecule has 0 amide bonds. The van der Waals surface area contributed by atoms with E-state index in [0.717, 1.165) is 52.4 Å². The van der Waals surface area contributed by atoms with E-state index < -0.39 is 0 Å². The van der Waals surface area contributed by atoms with Crippen LogP contribution in [0.25, 0.3) is 63.8 Å². The first-order chi connectivity index (χ1) is 36.0. The van der Waals surface area contributed by atoms with Crippen LogP contribution in [0.1, 0.15) is 49.6 Å². The second-order valence-electron chi connectivity index (χ2n) is 18.0. The minimum Gasteiger partial charge on any atom is -0.362 e. The maximum Gasteiger partial charge on any atom is 0.0839 e. The number of thiophene rings is 2. The van der Waals surface area contributed by atoms with E-state index in [1.807, 2.05) is 59.2 Å². The van der Waals surface area contributed by atoms with Gasteiger partial charge in [0.15, 0.2) is 0 Å². The van der Waals surface area contributed by atoms with Crippen molar-refractivity contribution in [2.75, 3.05) is 27.2 Å². The predicted molar refractivity (Wildman–Crippen MR) is 325 cm³/mol. The monoisotopic (exact) mass is 984 g/mol. The minimum absolute atomic E-state index is 0.700. The Kier molecular flexibility index (Phi) is 14.9. The SMILES string of the molecule is C=C/C=C\C(=C/C)C\C=C/C(=C\C=C\Nc1ccccc1)c1ccc(N(c2ccc3c(c2)-c2c(c4sc5ccccc5c4c4ccccc24)N(C/C=C\C=C/CC)N3)c2ccc3c(C)c(/C=C\C)sc3c2)cc1. The quantitative estimate of drug-likeness (QED) is 0.0890.